The topological polar surface area (TPSA) is 12.0 Å². The van der Waals surface area contributed by atoms with E-state index in [1.807, 2.05) is 12.1 Å². The number of benzene rings is 1. The zero-order chi connectivity index (χ0) is 11.1. The molecule has 1 N–H and O–H groups in total. The molecule has 0 spiro atoms. The van der Waals surface area contributed by atoms with E-state index in [0.29, 0.717) is 6.04 Å². The minimum Gasteiger partial charge on any atom is -0.310 e. The molecule has 1 aromatic rings. The molecule has 1 atom stereocenters. The number of rotatable bonds is 6. The Bertz CT molecular complexity index is 273. The molecule has 1 aromatic carbocycles. The van der Waals surface area contributed by atoms with Gasteiger partial charge in [0.15, 0.2) is 0 Å². The third-order valence-corrected chi connectivity index (χ3v) is 2.92. The molecule has 1 unspecified atom stereocenters. The summed E-state index contributed by atoms with van der Waals surface area (Å²) in [7, 11) is 0. The fourth-order valence-electron chi connectivity index (χ4n) is 1.45. The van der Waals surface area contributed by atoms with Crippen molar-refractivity contribution in [2.75, 3.05) is 5.33 Å². The molecule has 1 rings (SSSR count). The number of nitrogens with one attached hydrogen (secondary N) is 1. The van der Waals surface area contributed by atoms with E-state index in [-0.39, 0.29) is 5.82 Å². The molecular weight excluding hydrogens is 257 g/mol. The zero-order valence-corrected chi connectivity index (χ0v) is 10.6. The van der Waals surface area contributed by atoms with Gasteiger partial charge in [-0.2, -0.15) is 0 Å². The highest BCUT2D eigenvalue weighted by Gasteiger charge is 2.04. The van der Waals surface area contributed by atoms with Gasteiger partial charge in [-0.25, -0.2) is 4.39 Å². The summed E-state index contributed by atoms with van der Waals surface area (Å²) in [5.74, 6) is -0.175. The van der Waals surface area contributed by atoms with Gasteiger partial charge in [0.25, 0.3) is 0 Å². The van der Waals surface area contributed by atoms with Gasteiger partial charge in [-0.1, -0.05) is 35.0 Å². The predicted molar refractivity (Wildman–Crippen MR) is 65.7 cm³/mol. The van der Waals surface area contributed by atoms with E-state index in [2.05, 4.69) is 28.2 Å². The Morgan fingerprint density at radius 1 is 1.33 bits per heavy atom. The molecule has 0 saturated heterocycles. The van der Waals surface area contributed by atoms with Crippen LogP contribution in [0.5, 0.6) is 0 Å². The van der Waals surface area contributed by atoms with E-state index in [1.165, 1.54) is 12.1 Å². The quantitative estimate of drug-likeness (QED) is 0.783. The first kappa shape index (κ1) is 12.7. The van der Waals surface area contributed by atoms with Crippen LogP contribution in [0.3, 0.4) is 0 Å². The first-order valence-corrected chi connectivity index (χ1v) is 6.42. The Balaban J connectivity index is 2.38. The van der Waals surface area contributed by atoms with Crippen molar-refractivity contribution in [2.45, 2.75) is 32.4 Å². The van der Waals surface area contributed by atoms with E-state index >= 15 is 0 Å². The summed E-state index contributed by atoms with van der Waals surface area (Å²) in [4.78, 5) is 0. The van der Waals surface area contributed by atoms with Gasteiger partial charge in [-0.05, 0) is 30.5 Å². The SMILES string of the molecule is CCC(CCBr)NCc1ccc(F)cc1. The van der Waals surface area contributed by atoms with Crippen molar-refractivity contribution < 1.29 is 4.39 Å². The maximum absolute atomic E-state index is 12.6. The summed E-state index contributed by atoms with van der Waals surface area (Å²) in [5.41, 5.74) is 1.13. The highest BCUT2D eigenvalue weighted by molar-refractivity contribution is 9.09. The lowest BCUT2D eigenvalue weighted by atomic mass is 10.1. The fraction of sp³-hybridized carbons (Fsp3) is 0.500. The molecule has 1 nitrogen and oxygen atoms in total. The standard InChI is InChI=1S/C12H17BrFN/c1-2-12(7-8-13)15-9-10-3-5-11(14)6-4-10/h3-6,12,15H,2,7-9H2,1H3. The van der Waals surface area contributed by atoms with Gasteiger partial charge in [-0.15, -0.1) is 0 Å². The summed E-state index contributed by atoms with van der Waals surface area (Å²) in [6.45, 7) is 2.98. The summed E-state index contributed by atoms with van der Waals surface area (Å²) in [6, 6.07) is 7.19. The molecule has 15 heavy (non-hydrogen) atoms. The number of alkyl halides is 1. The first-order chi connectivity index (χ1) is 7.26. The van der Waals surface area contributed by atoms with Crippen LogP contribution in [0.15, 0.2) is 24.3 Å². The highest BCUT2D eigenvalue weighted by atomic mass is 79.9. The van der Waals surface area contributed by atoms with Crippen LogP contribution in [0.2, 0.25) is 0 Å². The normalized spacial score (nSPS) is 12.7. The Kier molecular flexibility index (Phi) is 5.88. The Morgan fingerprint density at radius 2 is 2.00 bits per heavy atom. The molecule has 0 bridgehead atoms. The van der Waals surface area contributed by atoms with Crippen LogP contribution in [0.1, 0.15) is 25.3 Å². The molecular formula is C12H17BrFN. The lowest BCUT2D eigenvalue weighted by molar-refractivity contribution is 0.487. The molecule has 0 radical (unpaired) electrons. The molecule has 0 fully saturated rings. The average molecular weight is 274 g/mol. The highest BCUT2D eigenvalue weighted by Crippen LogP contribution is 2.05. The lowest BCUT2D eigenvalue weighted by Crippen LogP contribution is -2.28. The maximum Gasteiger partial charge on any atom is 0.123 e. The van der Waals surface area contributed by atoms with Gasteiger partial charge in [0.2, 0.25) is 0 Å². The maximum atomic E-state index is 12.6. The molecule has 0 aliphatic heterocycles. The Hall–Kier alpha value is -0.410. The van der Waals surface area contributed by atoms with Crippen molar-refractivity contribution >= 4 is 15.9 Å². The van der Waals surface area contributed by atoms with Crippen molar-refractivity contribution in [3.8, 4) is 0 Å². The van der Waals surface area contributed by atoms with E-state index in [1.54, 1.807) is 0 Å². The molecule has 0 saturated carbocycles. The molecule has 0 amide bonds. The molecule has 0 heterocycles. The van der Waals surface area contributed by atoms with Crippen molar-refractivity contribution in [2.24, 2.45) is 0 Å². The van der Waals surface area contributed by atoms with Gasteiger partial charge in [0.05, 0.1) is 0 Å². The molecule has 0 aliphatic carbocycles. The third kappa shape index (κ3) is 4.76. The van der Waals surface area contributed by atoms with E-state index in [9.17, 15) is 4.39 Å². The molecule has 0 aliphatic rings. The smallest absolute Gasteiger partial charge is 0.123 e. The van der Waals surface area contributed by atoms with Crippen LogP contribution < -0.4 is 5.32 Å². The van der Waals surface area contributed by atoms with Gasteiger partial charge in [0, 0.05) is 17.9 Å². The van der Waals surface area contributed by atoms with Gasteiger partial charge in [-0.3, -0.25) is 0 Å². The zero-order valence-electron chi connectivity index (χ0n) is 8.97. The molecule has 84 valence electrons. The van der Waals surface area contributed by atoms with E-state index in [0.717, 1.165) is 30.3 Å². The number of hydrogen-bond donors (Lipinski definition) is 1. The Labute approximate surface area is 99.2 Å². The van der Waals surface area contributed by atoms with Crippen LogP contribution in [-0.2, 0) is 6.54 Å². The van der Waals surface area contributed by atoms with Crippen molar-refractivity contribution in [3.63, 3.8) is 0 Å². The minimum atomic E-state index is -0.175. The van der Waals surface area contributed by atoms with Crippen LogP contribution in [0, 0.1) is 5.82 Å². The van der Waals surface area contributed by atoms with E-state index in [4.69, 9.17) is 0 Å². The second-order valence-corrected chi connectivity index (χ2v) is 4.38. The lowest BCUT2D eigenvalue weighted by Gasteiger charge is -2.15. The van der Waals surface area contributed by atoms with Crippen molar-refractivity contribution in [1.29, 1.82) is 0 Å². The number of hydrogen-bond acceptors (Lipinski definition) is 1. The van der Waals surface area contributed by atoms with Gasteiger partial charge < -0.3 is 5.32 Å². The summed E-state index contributed by atoms with van der Waals surface area (Å²) >= 11 is 3.44. The van der Waals surface area contributed by atoms with Crippen LogP contribution in [0.4, 0.5) is 4.39 Å². The second kappa shape index (κ2) is 6.96. The number of halogens is 2. The van der Waals surface area contributed by atoms with Crippen molar-refractivity contribution in [3.05, 3.63) is 35.6 Å². The second-order valence-electron chi connectivity index (χ2n) is 3.59. The largest absolute Gasteiger partial charge is 0.310 e. The van der Waals surface area contributed by atoms with Crippen LogP contribution in [-0.4, -0.2) is 11.4 Å². The monoisotopic (exact) mass is 273 g/mol. The van der Waals surface area contributed by atoms with Gasteiger partial charge in [0.1, 0.15) is 5.82 Å². The molecule has 0 aromatic heterocycles. The first-order valence-electron chi connectivity index (χ1n) is 5.30. The summed E-state index contributed by atoms with van der Waals surface area (Å²) < 4.78 is 12.6. The summed E-state index contributed by atoms with van der Waals surface area (Å²) in [6.07, 6.45) is 2.24. The van der Waals surface area contributed by atoms with Crippen LogP contribution in [0.25, 0.3) is 0 Å². The Morgan fingerprint density at radius 3 is 2.53 bits per heavy atom. The summed E-state index contributed by atoms with van der Waals surface area (Å²) in [5, 5.41) is 4.47. The van der Waals surface area contributed by atoms with Crippen molar-refractivity contribution in [1.82, 2.24) is 5.32 Å². The van der Waals surface area contributed by atoms with Crippen LogP contribution >= 0.6 is 15.9 Å². The molecule has 3 heteroatoms. The minimum absolute atomic E-state index is 0.175. The third-order valence-electron chi connectivity index (χ3n) is 2.46. The average Bonchev–Trinajstić information content (AvgIpc) is 2.26. The van der Waals surface area contributed by atoms with E-state index < -0.39 is 0 Å². The predicted octanol–water partition coefficient (Wildman–Crippen LogP) is 3.48. The van der Waals surface area contributed by atoms with Gasteiger partial charge >= 0.3 is 0 Å². The fourth-order valence-corrected chi connectivity index (χ4v) is 2.00.